The second-order valence-corrected chi connectivity index (χ2v) is 10.1. The minimum Gasteiger partial charge on any atom is -0.435 e. The fraction of sp³-hybridized carbons (Fsp3) is 0.318. The van der Waals surface area contributed by atoms with Gasteiger partial charge in [0.2, 0.25) is 10.0 Å². The molecule has 186 valence electrons. The van der Waals surface area contributed by atoms with Gasteiger partial charge in [-0.3, -0.25) is 9.36 Å². The van der Waals surface area contributed by atoms with E-state index >= 15 is 0 Å². The molecule has 1 aliphatic rings. The molecule has 3 aromatic rings. The van der Waals surface area contributed by atoms with Crippen LogP contribution >= 0.6 is 0 Å². The molecule has 0 unspecified atom stereocenters. The fourth-order valence-corrected chi connectivity index (χ4v) is 5.13. The summed E-state index contributed by atoms with van der Waals surface area (Å²) in [7, 11) is -3.68. The summed E-state index contributed by atoms with van der Waals surface area (Å²) in [5, 5.41) is 3.68. The van der Waals surface area contributed by atoms with Gasteiger partial charge >= 0.3 is 12.3 Å². The molecule has 0 aliphatic carbocycles. The van der Waals surface area contributed by atoms with Gasteiger partial charge < -0.3 is 10.1 Å². The summed E-state index contributed by atoms with van der Waals surface area (Å²) in [6.07, 6.45) is 2.93. The zero-order valence-electron chi connectivity index (χ0n) is 19.0. The van der Waals surface area contributed by atoms with Crippen LogP contribution in [0.4, 0.5) is 8.78 Å². The van der Waals surface area contributed by atoms with Crippen molar-refractivity contribution in [3.8, 4) is 11.4 Å². The van der Waals surface area contributed by atoms with Crippen LogP contribution in [-0.4, -0.2) is 40.7 Å². The molecule has 0 fully saturated rings. The summed E-state index contributed by atoms with van der Waals surface area (Å²) in [5.41, 5.74) is -0.804. The van der Waals surface area contributed by atoms with Gasteiger partial charge in [-0.25, -0.2) is 22.8 Å². The Labute approximate surface area is 199 Å². The quantitative estimate of drug-likeness (QED) is 0.529. The number of alkyl halides is 2. The van der Waals surface area contributed by atoms with Gasteiger partial charge in [0.25, 0.3) is 5.91 Å². The van der Waals surface area contributed by atoms with E-state index in [9.17, 15) is 26.8 Å². The topological polar surface area (TPSA) is 124 Å². The second-order valence-electron chi connectivity index (χ2n) is 8.53. The highest BCUT2D eigenvalue weighted by Gasteiger charge is 2.33. The molecule has 35 heavy (non-hydrogen) atoms. The number of pyridine rings is 1. The maximum absolute atomic E-state index is 13.3. The highest BCUT2D eigenvalue weighted by Crippen LogP contribution is 2.24. The molecular formula is C22H23F2N5O5S. The van der Waals surface area contributed by atoms with E-state index in [1.807, 2.05) is 0 Å². The number of imidazole rings is 1. The van der Waals surface area contributed by atoms with Gasteiger partial charge in [0, 0.05) is 30.1 Å². The zero-order chi connectivity index (χ0) is 25.5. The van der Waals surface area contributed by atoms with Crippen LogP contribution in [0.25, 0.3) is 16.9 Å². The standard InChI is InChI=1S/C22H23F2N5O5S/c1-13(2)28-17-10-14(19(30)26-22(3)8-5-9-35(32,33)27-22)12-25-18(17)29(21(28)31)15-6-4-7-16(11-15)34-20(23)24/h4-7,9-13,20,27H,8H2,1-3H3,(H,26,30)/t22-/m1/s1. The van der Waals surface area contributed by atoms with Gasteiger partial charge in [-0.15, -0.1) is 0 Å². The number of amides is 1. The Bertz CT molecular complexity index is 1500. The molecule has 13 heteroatoms. The van der Waals surface area contributed by atoms with E-state index in [0.717, 1.165) is 5.41 Å². The molecule has 0 saturated heterocycles. The third-order valence-electron chi connectivity index (χ3n) is 5.35. The molecule has 1 aromatic carbocycles. The van der Waals surface area contributed by atoms with Gasteiger partial charge in [-0.05, 0) is 39.0 Å². The maximum Gasteiger partial charge on any atom is 0.387 e. The summed E-state index contributed by atoms with van der Waals surface area (Å²) in [4.78, 5) is 30.6. The first-order valence-corrected chi connectivity index (χ1v) is 12.1. The average molecular weight is 508 g/mol. The molecule has 2 aromatic heterocycles. The Morgan fingerprint density at radius 2 is 2.03 bits per heavy atom. The lowest BCUT2D eigenvalue weighted by atomic mass is 10.1. The number of nitrogens with one attached hydrogen (secondary N) is 2. The van der Waals surface area contributed by atoms with Crippen molar-refractivity contribution in [3.63, 3.8) is 0 Å². The number of carbonyl (C=O) groups excluding carboxylic acids is 1. The highest BCUT2D eigenvalue weighted by atomic mass is 32.2. The van der Waals surface area contributed by atoms with Crippen LogP contribution in [0.1, 0.15) is 43.6 Å². The van der Waals surface area contributed by atoms with Crippen molar-refractivity contribution in [3.05, 3.63) is 64.1 Å². The van der Waals surface area contributed by atoms with Crippen molar-refractivity contribution in [2.24, 2.45) is 0 Å². The van der Waals surface area contributed by atoms with Crippen molar-refractivity contribution in [2.75, 3.05) is 0 Å². The number of nitrogens with zero attached hydrogens (tertiary/aromatic N) is 3. The lowest BCUT2D eigenvalue weighted by molar-refractivity contribution is -0.0498. The van der Waals surface area contributed by atoms with Gasteiger partial charge in [0.15, 0.2) is 5.65 Å². The van der Waals surface area contributed by atoms with Crippen LogP contribution in [0.3, 0.4) is 0 Å². The van der Waals surface area contributed by atoms with Gasteiger partial charge in [-0.2, -0.15) is 13.5 Å². The summed E-state index contributed by atoms with van der Waals surface area (Å²) in [6, 6.07) is 6.82. The third kappa shape index (κ3) is 4.95. The number of rotatable bonds is 6. The predicted molar refractivity (Wildman–Crippen MR) is 124 cm³/mol. The minimum absolute atomic E-state index is 0.105. The number of halogens is 2. The maximum atomic E-state index is 13.3. The summed E-state index contributed by atoms with van der Waals surface area (Å²) in [6.45, 7) is 2.06. The highest BCUT2D eigenvalue weighted by molar-refractivity contribution is 7.92. The lowest BCUT2D eigenvalue weighted by Gasteiger charge is -2.32. The number of benzene rings is 1. The summed E-state index contributed by atoms with van der Waals surface area (Å²) >= 11 is 0. The summed E-state index contributed by atoms with van der Waals surface area (Å²) in [5.74, 6) is -0.717. The molecule has 1 amide bonds. The molecule has 10 nitrogen and oxygen atoms in total. The van der Waals surface area contributed by atoms with Crippen LogP contribution in [-0.2, 0) is 10.0 Å². The number of hydrogen-bond acceptors (Lipinski definition) is 6. The monoisotopic (exact) mass is 507 g/mol. The molecule has 0 spiro atoms. The van der Waals surface area contributed by atoms with Crippen LogP contribution in [0, 0.1) is 0 Å². The molecule has 1 atom stereocenters. The smallest absolute Gasteiger partial charge is 0.387 e. The molecule has 0 radical (unpaired) electrons. The van der Waals surface area contributed by atoms with Crippen LogP contribution < -0.4 is 20.5 Å². The Balaban J connectivity index is 1.77. The fourth-order valence-electron chi connectivity index (χ4n) is 3.95. The van der Waals surface area contributed by atoms with Crippen LogP contribution in [0.2, 0.25) is 0 Å². The van der Waals surface area contributed by atoms with Crippen LogP contribution in [0.5, 0.6) is 5.75 Å². The van der Waals surface area contributed by atoms with E-state index in [2.05, 4.69) is 19.8 Å². The minimum atomic E-state index is -3.68. The second kappa shape index (κ2) is 8.89. The number of sulfonamides is 1. The van der Waals surface area contributed by atoms with E-state index in [0.29, 0.717) is 5.52 Å². The van der Waals surface area contributed by atoms with Gasteiger partial charge in [-0.1, -0.05) is 12.1 Å². The number of hydrogen-bond donors (Lipinski definition) is 2. The van der Waals surface area contributed by atoms with E-state index in [1.165, 1.54) is 52.6 Å². The van der Waals surface area contributed by atoms with Crippen molar-refractivity contribution < 1.29 is 26.7 Å². The predicted octanol–water partition coefficient (Wildman–Crippen LogP) is 2.65. The first-order valence-electron chi connectivity index (χ1n) is 10.6. The first-order chi connectivity index (χ1) is 16.4. The number of fused-ring (bicyclic) bond motifs is 1. The molecular weight excluding hydrogens is 484 g/mol. The number of carbonyl (C=O) groups is 1. The Morgan fingerprint density at radius 3 is 2.69 bits per heavy atom. The first kappa shape index (κ1) is 24.5. The Kier molecular flexibility index (Phi) is 6.23. The normalized spacial score (nSPS) is 19.4. The third-order valence-corrected chi connectivity index (χ3v) is 6.64. The van der Waals surface area contributed by atoms with Crippen molar-refractivity contribution >= 4 is 27.1 Å². The van der Waals surface area contributed by atoms with E-state index in [4.69, 9.17) is 0 Å². The molecule has 1 aliphatic heterocycles. The average Bonchev–Trinajstić information content (AvgIpc) is 3.03. The Hall–Kier alpha value is -3.58. The Morgan fingerprint density at radius 1 is 1.29 bits per heavy atom. The zero-order valence-corrected chi connectivity index (χ0v) is 19.8. The van der Waals surface area contributed by atoms with E-state index in [-0.39, 0.29) is 35.1 Å². The SMILES string of the molecule is CC(C)n1c(=O)n(-c2cccc(OC(F)F)c2)c2ncc(C(=O)N[C@@]3(C)CC=CS(=O)(=O)N3)cc21. The summed E-state index contributed by atoms with van der Waals surface area (Å²) < 4.78 is 58.6. The molecule has 2 N–H and O–H groups in total. The van der Waals surface area contributed by atoms with Gasteiger partial charge in [0.05, 0.1) is 16.8 Å². The largest absolute Gasteiger partial charge is 0.435 e. The number of aromatic nitrogens is 3. The van der Waals surface area contributed by atoms with Crippen molar-refractivity contribution in [1.82, 2.24) is 24.2 Å². The number of ether oxygens (including phenoxy) is 1. The lowest BCUT2D eigenvalue weighted by Crippen LogP contribution is -2.59. The molecule has 0 saturated carbocycles. The molecule has 4 rings (SSSR count). The van der Waals surface area contributed by atoms with Crippen molar-refractivity contribution in [1.29, 1.82) is 0 Å². The van der Waals surface area contributed by atoms with Gasteiger partial charge in [0.1, 0.15) is 11.4 Å². The van der Waals surface area contributed by atoms with Crippen molar-refractivity contribution in [2.45, 2.75) is 45.5 Å². The molecule has 0 bridgehead atoms. The van der Waals surface area contributed by atoms with E-state index in [1.54, 1.807) is 19.9 Å². The van der Waals surface area contributed by atoms with E-state index < -0.39 is 33.9 Å². The molecule has 3 heterocycles. The van der Waals surface area contributed by atoms with Crippen LogP contribution in [0.15, 0.2) is 52.8 Å².